The molecule has 2 aromatic rings. The molecule has 29 heavy (non-hydrogen) atoms. The Hall–Kier alpha value is -1.93. The molecular formula is C19H27N5O3S2. The van der Waals surface area contributed by atoms with Gasteiger partial charge < -0.3 is 4.74 Å². The molecule has 0 fully saturated rings. The van der Waals surface area contributed by atoms with Crippen molar-refractivity contribution in [2.24, 2.45) is 0 Å². The third kappa shape index (κ3) is 5.36. The van der Waals surface area contributed by atoms with Gasteiger partial charge in [-0.25, -0.2) is 8.42 Å². The first kappa shape index (κ1) is 23.3. The first-order valence-electron chi connectivity index (χ1n) is 9.44. The van der Waals surface area contributed by atoms with Crippen molar-refractivity contribution in [1.29, 1.82) is 5.26 Å². The smallest absolute Gasteiger partial charge is 0.243 e. The second kappa shape index (κ2) is 10.7. The highest BCUT2D eigenvalue weighted by atomic mass is 32.2. The van der Waals surface area contributed by atoms with Crippen LogP contribution in [0, 0.1) is 11.3 Å². The van der Waals surface area contributed by atoms with Gasteiger partial charge in [0.05, 0.1) is 23.6 Å². The predicted molar refractivity (Wildman–Crippen MR) is 113 cm³/mol. The number of nitriles is 1. The zero-order valence-electron chi connectivity index (χ0n) is 17.2. The predicted octanol–water partition coefficient (Wildman–Crippen LogP) is 3.19. The number of nitrogens with zero attached hydrogens (tertiary/aromatic N) is 5. The Kier molecular flexibility index (Phi) is 8.64. The summed E-state index contributed by atoms with van der Waals surface area (Å²) in [5, 5.41) is 18.1. The van der Waals surface area contributed by atoms with Crippen LogP contribution in [0.3, 0.4) is 0 Å². The van der Waals surface area contributed by atoms with Crippen LogP contribution in [0.15, 0.2) is 34.3 Å². The highest BCUT2D eigenvalue weighted by molar-refractivity contribution is 7.99. The molecule has 1 atom stereocenters. The van der Waals surface area contributed by atoms with Gasteiger partial charge in [-0.15, -0.1) is 10.2 Å². The van der Waals surface area contributed by atoms with E-state index in [9.17, 15) is 8.42 Å². The first-order valence-corrected chi connectivity index (χ1v) is 11.9. The molecule has 0 saturated carbocycles. The molecule has 0 bridgehead atoms. The first-order chi connectivity index (χ1) is 13.9. The Morgan fingerprint density at radius 3 is 2.66 bits per heavy atom. The van der Waals surface area contributed by atoms with Crippen molar-refractivity contribution in [3.8, 4) is 17.5 Å². The van der Waals surface area contributed by atoms with E-state index in [0.29, 0.717) is 48.4 Å². The van der Waals surface area contributed by atoms with Gasteiger partial charge in [0.1, 0.15) is 0 Å². The number of rotatable bonds is 11. The van der Waals surface area contributed by atoms with Crippen molar-refractivity contribution in [1.82, 2.24) is 19.1 Å². The molecule has 0 spiro atoms. The Morgan fingerprint density at radius 1 is 1.31 bits per heavy atom. The molecule has 0 amide bonds. The van der Waals surface area contributed by atoms with Gasteiger partial charge in [-0.2, -0.15) is 9.57 Å². The maximum Gasteiger partial charge on any atom is 0.243 e. The van der Waals surface area contributed by atoms with Gasteiger partial charge in [-0.3, -0.25) is 4.57 Å². The van der Waals surface area contributed by atoms with Crippen LogP contribution in [0.1, 0.15) is 33.2 Å². The molecule has 0 N–H and O–H groups in total. The number of hydrogen-bond acceptors (Lipinski definition) is 7. The van der Waals surface area contributed by atoms with Gasteiger partial charge >= 0.3 is 0 Å². The Labute approximate surface area is 176 Å². The molecule has 0 radical (unpaired) electrons. The molecule has 158 valence electrons. The highest BCUT2D eigenvalue weighted by Gasteiger charge is 2.24. The molecule has 0 saturated heterocycles. The van der Waals surface area contributed by atoms with Crippen LogP contribution in [0.5, 0.6) is 0 Å². The average Bonchev–Trinajstić information content (AvgIpc) is 3.13. The maximum absolute atomic E-state index is 12.9. The Balaban J connectivity index is 2.50. The van der Waals surface area contributed by atoms with Crippen LogP contribution >= 0.6 is 11.8 Å². The summed E-state index contributed by atoms with van der Waals surface area (Å²) in [6.07, 6.45) is 0.406. The van der Waals surface area contributed by atoms with Crippen molar-refractivity contribution < 1.29 is 13.2 Å². The fraction of sp³-hybridized carbons (Fsp3) is 0.526. The molecule has 1 aromatic heterocycles. The van der Waals surface area contributed by atoms with E-state index in [0.717, 1.165) is 0 Å². The lowest BCUT2D eigenvalue weighted by molar-refractivity contribution is 0.159. The van der Waals surface area contributed by atoms with Gasteiger partial charge in [0.15, 0.2) is 11.0 Å². The molecule has 0 unspecified atom stereocenters. The lowest BCUT2D eigenvalue weighted by Gasteiger charge is -2.19. The Morgan fingerprint density at radius 2 is 2.03 bits per heavy atom. The van der Waals surface area contributed by atoms with E-state index in [2.05, 4.69) is 16.3 Å². The summed E-state index contributed by atoms with van der Waals surface area (Å²) in [6.45, 7) is 6.89. The molecule has 10 heteroatoms. The molecular weight excluding hydrogens is 410 g/mol. The van der Waals surface area contributed by atoms with Gasteiger partial charge in [0.2, 0.25) is 10.0 Å². The minimum absolute atomic E-state index is 0.0577. The third-order valence-corrected chi connectivity index (χ3v) is 7.38. The van der Waals surface area contributed by atoms with E-state index in [4.69, 9.17) is 10.00 Å². The van der Waals surface area contributed by atoms with E-state index in [-0.39, 0.29) is 10.9 Å². The maximum atomic E-state index is 12.9. The summed E-state index contributed by atoms with van der Waals surface area (Å²) >= 11 is 1.45. The highest BCUT2D eigenvalue weighted by Crippen LogP contribution is 2.30. The van der Waals surface area contributed by atoms with Gasteiger partial charge in [0, 0.05) is 37.9 Å². The fourth-order valence-electron chi connectivity index (χ4n) is 2.98. The summed E-state index contributed by atoms with van der Waals surface area (Å²) in [5.74, 6) is 1.18. The van der Waals surface area contributed by atoms with Crippen molar-refractivity contribution in [2.45, 2.75) is 43.3 Å². The number of hydrogen-bond donors (Lipinski definition) is 0. The van der Waals surface area contributed by atoms with Crippen molar-refractivity contribution in [3.63, 3.8) is 0 Å². The summed E-state index contributed by atoms with van der Waals surface area (Å²) < 4.78 is 34.5. The van der Waals surface area contributed by atoms with E-state index in [1.807, 2.05) is 31.4 Å². The number of methoxy groups -OCH3 is 1. The molecule has 8 nitrogen and oxygen atoms in total. The third-order valence-electron chi connectivity index (χ3n) is 4.39. The zero-order chi connectivity index (χ0) is 21.4. The SMILES string of the molecule is CCN(CC)S(=O)(=O)c1cccc(-c2nnc(SCCC#N)n2[C@H](C)COC)c1. The summed E-state index contributed by atoms with van der Waals surface area (Å²) in [7, 11) is -1.95. The van der Waals surface area contributed by atoms with Crippen LogP contribution in [0.25, 0.3) is 11.4 Å². The monoisotopic (exact) mass is 437 g/mol. The van der Waals surface area contributed by atoms with Crippen LogP contribution in [-0.2, 0) is 14.8 Å². The topological polar surface area (TPSA) is 101 Å². The van der Waals surface area contributed by atoms with Gasteiger partial charge in [-0.05, 0) is 19.1 Å². The standard InChI is InChI=1S/C19H27N5O3S2/c1-5-23(6-2)29(25,26)17-10-7-9-16(13-17)18-21-22-19(28-12-8-11-20)24(18)15(3)14-27-4/h7,9-10,13,15H,5-6,8,12,14H2,1-4H3/t15-/m1/s1. The van der Waals surface area contributed by atoms with E-state index >= 15 is 0 Å². The molecule has 1 heterocycles. The average molecular weight is 438 g/mol. The van der Waals surface area contributed by atoms with Crippen LogP contribution < -0.4 is 0 Å². The van der Waals surface area contributed by atoms with Gasteiger partial charge in [0.25, 0.3) is 0 Å². The van der Waals surface area contributed by atoms with Crippen molar-refractivity contribution >= 4 is 21.8 Å². The normalized spacial score (nSPS) is 12.8. The fourth-order valence-corrected chi connectivity index (χ4v) is 5.37. The minimum atomic E-state index is -3.58. The second-order valence-corrected chi connectivity index (χ2v) is 9.35. The number of thioether (sulfide) groups is 1. The summed E-state index contributed by atoms with van der Waals surface area (Å²) in [4.78, 5) is 0.228. The van der Waals surface area contributed by atoms with E-state index in [1.165, 1.54) is 16.1 Å². The lowest BCUT2D eigenvalue weighted by atomic mass is 10.2. The zero-order valence-corrected chi connectivity index (χ0v) is 18.8. The minimum Gasteiger partial charge on any atom is -0.383 e. The second-order valence-electron chi connectivity index (χ2n) is 6.35. The largest absolute Gasteiger partial charge is 0.383 e. The number of ether oxygens (including phenoxy) is 1. The molecule has 0 aliphatic heterocycles. The van der Waals surface area contributed by atoms with Crippen LogP contribution in [0.2, 0.25) is 0 Å². The van der Waals surface area contributed by atoms with Crippen molar-refractivity contribution in [3.05, 3.63) is 24.3 Å². The lowest BCUT2D eigenvalue weighted by Crippen LogP contribution is -2.30. The van der Waals surface area contributed by atoms with Gasteiger partial charge in [-0.1, -0.05) is 37.7 Å². The van der Waals surface area contributed by atoms with Crippen LogP contribution in [0.4, 0.5) is 0 Å². The molecule has 0 aliphatic rings. The summed E-state index contributed by atoms with van der Waals surface area (Å²) in [5.41, 5.74) is 0.667. The molecule has 0 aliphatic carbocycles. The molecule has 2 rings (SSSR count). The van der Waals surface area contributed by atoms with E-state index in [1.54, 1.807) is 25.3 Å². The number of aromatic nitrogens is 3. The number of benzene rings is 1. The van der Waals surface area contributed by atoms with E-state index < -0.39 is 10.0 Å². The quantitative estimate of drug-likeness (QED) is 0.393. The molecule has 1 aromatic carbocycles. The number of sulfonamides is 1. The van der Waals surface area contributed by atoms with Crippen LogP contribution in [-0.4, -0.2) is 60.0 Å². The Bertz CT molecular complexity index is 949. The summed E-state index contributed by atoms with van der Waals surface area (Å²) in [6, 6.07) is 8.84. The van der Waals surface area contributed by atoms with Crippen molar-refractivity contribution in [2.75, 3.05) is 32.6 Å².